The van der Waals surface area contributed by atoms with Crippen LogP contribution in [0.5, 0.6) is 0 Å². The van der Waals surface area contributed by atoms with Crippen LogP contribution in [-0.4, -0.2) is 31.2 Å². The number of benzene rings is 1. The summed E-state index contributed by atoms with van der Waals surface area (Å²) in [6, 6.07) is 9.08. The van der Waals surface area contributed by atoms with Crippen molar-refractivity contribution in [1.29, 1.82) is 0 Å². The second-order valence-electron chi connectivity index (χ2n) is 4.22. The number of oxazole rings is 1. The molecule has 0 aliphatic carbocycles. The largest absolute Gasteiger partial charge is 0.423 e. The summed E-state index contributed by atoms with van der Waals surface area (Å²) in [5.74, 6) is 0. The number of nitrogens with zero attached hydrogens (tertiary/aromatic N) is 2. The first-order valence-corrected chi connectivity index (χ1v) is 5.64. The molecule has 1 aliphatic heterocycles. The molecule has 17 heavy (non-hydrogen) atoms. The van der Waals surface area contributed by atoms with Crippen LogP contribution in [0.1, 0.15) is 6.42 Å². The van der Waals surface area contributed by atoms with E-state index in [4.69, 9.17) is 4.42 Å². The van der Waals surface area contributed by atoms with Gasteiger partial charge in [0.25, 0.3) is 6.01 Å². The van der Waals surface area contributed by atoms with Crippen molar-refractivity contribution in [1.82, 2.24) is 10.3 Å². The van der Waals surface area contributed by atoms with Crippen LogP contribution >= 0.6 is 12.4 Å². The quantitative estimate of drug-likeness (QED) is 0.890. The van der Waals surface area contributed by atoms with Crippen LogP contribution in [0.4, 0.5) is 6.01 Å². The maximum atomic E-state index is 5.73. The van der Waals surface area contributed by atoms with Crippen molar-refractivity contribution in [3.05, 3.63) is 24.3 Å². The molecule has 1 aromatic carbocycles. The van der Waals surface area contributed by atoms with Gasteiger partial charge in [0.2, 0.25) is 0 Å². The standard InChI is InChI=1S/C12H15N3O.ClH/c1-15(9-6-7-13-8-9)12-14-10-4-2-3-5-11(10)16-12;/h2-5,9,13H,6-8H2,1H3;1H/t9-;/m1./s1. The van der Waals surface area contributed by atoms with Crippen molar-refractivity contribution in [2.75, 3.05) is 25.0 Å². The summed E-state index contributed by atoms with van der Waals surface area (Å²) in [7, 11) is 2.04. The number of rotatable bonds is 2. The second kappa shape index (κ2) is 4.94. The van der Waals surface area contributed by atoms with Crippen molar-refractivity contribution >= 4 is 29.5 Å². The molecule has 0 bridgehead atoms. The maximum Gasteiger partial charge on any atom is 0.298 e. The molecule has 1 saturated heterocycles. The monoisotopic (exact) mass is 253 g/mol. The Labute approximate surface area is 106 Å². The summed E-state index contributed by atoms with van der Waals surface area (Å²) in [6.07, 6.45) is 1.15. The minimum absolute atomic E-state index is 0. The van der Waals surface area contributed by atoms with Crippen LogP contribution in [0.3, 0.4) is 0 Å². The zero-order chi connectivity index (χ0) is 11.0. The highest BCUT2D eigenvalue weighted by atomic mass is 35.5. The Bertz CT molecular complexity index is 460. The molecule has 2 heterocycles. The average molecular weight is 254 g/mol. The van der Waals surface area contributed by atoms with Crippen LogP contribution in [0, 0.1) is 0 Å². The lowest BCUT2D eigenvalue weighted by atomic mass is 10.2. The molecule has 0 spiro atoms. The van der Waals surface area contributed by atoms with Crippen LogP contribution in [0.2, 0.25) is 0 Å². The first-order chi connectivity index (χ1) is 7.84. The molecule has 2 aromatic rings. The van der Waals surface area contributed by atoms with Gasteiger partial charge in [0.15, 0.2) is 5.58 Å². The van der Waals surface area contributed by atoms with Gasteiger partial charge in [0.1, 0.15) is 5.52 Å². The van der Waals surface area contributed by atoms with Gasteiger partial charge in [-0.3, -0.25) is 0 Å². The smallest absolute Gasteiger partial charge is 0.298 e. The van der Waals surface area contributed by atoms with Gasteiger partial charge in [-0.05, 0) is 25.1 Å². The minimum Gasteiger partial charge on any atom is -0.423 e. The summed E-state index contributed by atoms with van der Waals surface area (Å²) in [6.45, 7) is 2.09. The lowest BCUT2D eigenvalue weighted by Gasteiger charge is -2.21. The maximum absolute atomic E-state index is 5.73. The van der Waals surface area contributed by atoms with E-state index in [9.17, 15) is 0 Å². The van der Waals surface area contributed by atoms with E-state index in [1.54, 1.807) is 0 Å². The molecule has 1 fully saturated rings. The van der Waals surface area contributed by atoms with Crippen molar-refractivity contribution in [2.45, 2.75) is 12.5 Å². The second-order valence-corrected chi connectivity index (χ2v) is 4.22. The normalized spacial score (nSPS) is 19.2. The SMILES string of the molecule is CN(c1nc2ccccc2o1)[C@@H]1CCNC1.Cl. The van der Waals surface area contributed by atoms with Crippen molar-refractivity contribution < 1.29 is 4.42 Å². The third-order valence-electron chi connectivity index (χ3n) is 3.17. The molecule has 92 valence electrons. The van der Waals surface area contributed by atoms with Crippen LogP contribution in [0.25, 0.3) is 11.1 Å². The number of nitrogens with one attached hydrogen (secondary N) is 1. The summed E-state index contributed by atoms with van der Waals surface area (Å²) >= 11 is 0. The highest BCUT2D eigenvalue weighted by Gasteiger charge is 2.22. The molecule has 4 nitrogen and oxygen atoms in total. The van der Waals surface area contributed by atoms with Gasteiger partial charge >= 0.3 is 0 Å². The first-order valence-electron chi connectivity index (χ1n) is 5.64. The molecule has 5 heteroatoms. The van der Waals surface area contributed by atoms with E-state index in [-0.39, 0.29) is 12.4 Å². The van der Waals surface area contributed by atoms with Gasteiger partial charge in [-0.25, -0.2) is 0 Å². The number of halogens is 1. The summed E-state index contributed by atoms with van der Waals surface area (Å²) in [5.41, 5.74) is 1.78. The summed E-state index contributed by atoms with van der Waals surface area (Å²) in [5, 5.41) is 3.35. The lowest BCUT2D eigenvalue weighted by Crippen LogP contribution is -2.33. The van der Waals surface area contributed by atoms with Gasteiger partial charge in [-0.1, -0.05) is 12.1 Å². The minimum atomic E-state index is 0. The fraction of sp³-hybridized carbons (Fsp3) is 0.417. The Morgan fingerprint density at radius 1 is 1.41 bits per heavy atom. The van der Waals surface area contributed by atoms with E-state index in [0.717, 1.165) is 36.6 Å². The first kappa shape index (κ1) is 12.2. The topological polar surface area (TPSA) is 41.3 Å². The Morgan fingerprint density at radius 3 is 2.94 bits per heavy atom. The summed E-state index contributed by atoms with van der Waals surface area (Å²) < 4.78 is 5.73. The molecule has 1 N–H and O–H groups in total. The Hall–Kier alpha value is -1.26. The van der Waals surface area contributed by atoms with E-state index < -0.39 is 0 Å². The van der Waals surface area contributed by atoms with Gasteiger partial charge in [0.05, 0.1) is 0 Å². The Balaban J connectivity index is 0.00000108. The fourth-order valence-corrected chi connectivity index (χ4v) is 2.14. The van der Waals surface area contributed by atoms with Crippen molar-refractivity contribution in [3.8, 4) is 0 Å². The third kappa shape index (κ3) is 2.23. The molecular weight excluding hydrogens is 238 g/mol. The fourth-order valence-electron chi connectivity index (χ4n) is 2.14. The molecule has 1 aliphatic rings. The number of hydrogen-bond donors (Lipinski definition) is 1. The molecule has 1 atom stereocenters. The van der Waals surface area contributed by atoms with E-state index in [0.29, 0.717) is 6.04 Å². The number of aromatic nitrogens is 1. The zero-order valence-electron chi connectivity index (χ0n) is 9.72. The predicted octanol–water partition coefficient (Wildman–Crippen LogP) is 2.05. The highest BCUT2D eigenvalue weighted by molar-refractivity contribution is 5.85. The number of likely N-dealkylation sites (N-methyl/N-ethyl adjacent to an activating group) is 1. The molecule has 1 aromatic heterocycles. The average Bonchev–Trinajstić information content (AvgIpc) is 2.97. The predicted molar refractivity (Wildman–Crippen MR) is 70.9 cm³/mol. The molecule has 3 rings (SSSR count). The highest BCUT2D eigenvalue weighted by Crippen LogP contribution is 2.23. The van der Waals surface area contributed by atoms with E-state index in [2.05, 4.69) is 15.2 Å². The Morgan fingerprint density at radius 2 is 2.24 bits per heavy atom. The number of para-hydroxylation sites is 2. The molecule has 0 saturated carbocycles. The number of hydrogen-bond acceptors (Lipinski definition) is 4. The number of anilines is 1. The lowest BCUT2D eigenvalue weighted by molar-refractivity contribution is 0.548. The van der Waals surface area contributed by atoms with E-state index in [1.165, 1.54) is 0 Å². The van der Waals surface area contributed by atoms with Crippen molar-refractivity contribution in [3.63, 3.8) is 0 Å². The Kier molecular flexibility index (Phi) is 3.54. The zero-order valence-corrected chi connectivity index (χ0v) is 10.5. The molecule has 0 radical (unpaired) electrons. The van der Waals surface area contributed by atoms with Gasteiger partial charge < -0.3 is 14.6 Å². The molecule has 0 amide bonds. The van der Waals surface area contributed by atoms with E-state index >= 15 is 0 Å². The van der Waals surface area contributed by atoms with Crippen LogP contribution in [0.15, 0.2) is 28.7 Å². The molecular formula is C12H16ClN3O. The number of fused-ring (bicyclic) bond motifs is 1. The van der Waals surface area contributed by atoms with Gasteiger partial charge in [0, 0.05) is 19.6 Å². The van der Waals surface area contributed by atoms with Crippen LogP contribution in [-0.2, 0) is 0 Å². The third-order valence-corrected chi connectivity index (χ3v) is 3.17. The van der Waals surface area contributed by atoms with Gasteiger partial charge in [-0.15, -0.1) is 12.4 Å². The van der Waals surface area contributed by atoms with Crippen LogP contribution < -0.4 is 10.2 Å². The van der Waals surface area contributed by atoms with Gasteiger partial charge in [-0.2, -0.15) is 4.98 Å². The van der Waals surface area contributed by atoms with E-state index in [1.807, 2.05) is 31.3 Å². The summed E-state index contributed by atoms with van der Waals surface area (Å²) in [4.78, 5) is 6.61. The van der Waals surface area contributed by atoms with Crippen molar-refractivity contribution in [2.24, 2.45) is 0 Å². The molecule has 0 unspecified atom stereocenters.